The Morgan fingerprint density at radius 3 is 0.634 bits per heavy atom. The molecule has 0 bridgehead atoms. The van der Waals surface area contributed by atoms with Crippen LogP contribution in [0, 0.1) is 0 Å². The number of aliphatic hydroxyl groups is 30. The molecule has 30 N–H and O–H groups in total. The molecule has 55 heteroatoms. The Balaban J connectivity index is 0.615. The maximum atomic E-state index is 11.3. The van der Waals surface area contributed by atoms with E-state index in [-0.39, 0.29) is 19.8 Å². The summed E-state index contributed by atoms with van der Waals surface area (Å²) in [6.45, 7) is -6.65. The molecule has 9 heterocycles. The van der Waals surface area contributed by atoms with Gasteiger partial charge >= 0.3 is 0 Å². The number of thioether (sulfide) groups is 3. The van der Waals surface area contributed by atoms with Crippen LogP contribution >= 0.6 is 35.3 Å². The molecule has 9 aliphatic rings. The Bertz CT molecular complexity index is 3280. The average Bonchev–Trinajstić information content (AvgIpc) is 0.778. The third kappa shape index (κ3) is 34.9. The van der Waals surface area contributed by atoms with E-state index in [4.69, 9.17) is 85.3 Å². The summed E-state index contributed by atoms with van der Waals surface area (Å²) in [5.74, 6) is 5.54. The second kappa shape index (κ2) is 64.9. The molecule has 840 valence electrons. The topological polar surface area (TPSA) is 773 Å². The average molecular weight is 2220 g/mol. The fraction of sp³-hybridized carbons (Fsp3) is 0.933. The Labute approximate surface area is 862 Å². The molecule has 145 heavy (non-hydrogen) atoms. The maximum Gasteiger partial charge on any atom is 0.187 e. The van der Waals surface area contributed by atoms with Gasteiger partial charge in [-0.15, -0.1) is 0 Å². The molecule has 0 aromatic heterocycles. The summed E-state index contributed by atoms with van der Waals surface area (Å²) in [6, 6.07) is 21.7. The zero-order valence-electron chi connectivity index (χ0n) is 80.9. The lowest BCUT2D eigenvalue weighted by molar-refractivity contribution is -0.379. The largest absolute Gasteiger partial charge is 0.394 e. The van der Waals surface area contributed by atoms with Crippen molar-refractivity contribution < 1.29 is 238 Å². The van der Waals surface area contributed by atoms with Crippen LogP contribution in [0.2, 0.25) is 54.4 Å². The van der Waals surface area contributed by atoms with Gasteiger partial charge in [0.2, 0.25) is 0 Å². The van der Waals surface area contributed by atoms with Crippen molar-refractivity contribution in [1.29, 1.82) is 0 Å². The molecule has 6 radical (unpaired) electrons. The third-order valence-corrected chi connectivity index (χ3v) is 40.6. The maximum absolute atomic E-state index is 11.3. The van der Waals surface area contributed by atoms with E-state index in [1.807, 2.05) is 35.3 Å². The second-order valence-corrected chi connectivity index (χ2v) is 50.6. The lowest BCUT2D eigenvalue weighted by Crippen LogP contribution is -2.66. The highest BCUT2D eigenvalue weighted by Gasteiger charge is 2.59. The monoisotopic (exact) mass is 2210 g/mol. The highest BCUT2D eigenvalue weighted by Crippen LogP contribution is 2.40. The van der Waals surface area contributed by atoms with Crippen molar-refractivity contribution in [1.82, 2.24) is 0 Å². The van der Waals surface area contributed by atoms with E-state index < -0.39 is 344 Å². The van der Waals surface area contributed by atoms with Crippen molar-refractivity contribution in [3.8, 4) is 0 Å². The molecule has 0 unspecified atom stereocenters. The van der Waals surface area contributed by atoms with Gasteiger partial charge in [-0.05, 0) is 92.3 Å². The minimum absolute atomic E-state index is 0.153. The highest BCUT2D eigenvalue weighted by molar-refractivity contribution is 7.99. The Kier molecular flexibility index (Phi) is 56.4. The van der Waals surface area contributed by atoms with E-state index >= 15 is 0 Å². The molecule has 9 saturated heterocycles. The first-order chi connectivity index (χ1) is 69.8. The van der Waals surface area contributed by atoms with Crippen molar-refractivity contribution in [3.05, 3.63) is 30.3 Å². The van der Waals surface area contributed by atoms with Crippen LogP contribution in [-0.2, 0) is 85.3 Å². The van der Waals surface area contributed by atoms with Crippen LogP contribution in [0.5, 0.6) is 0 Å². The first-order valence-electron chi connectivity index (χ1n) is 50.2. The molecule has 1 aromatic rings. The van der Waals surface area contributed by atoms with Gasteiger partial charge in [-0.3, -0.25) is 0 Å². The summed E-state index contributed by atoms with van der Waals surface area (Å²) in [6.07, 6.45) is -64.3. The Hall–Kier alpha value is -0.782. The van der Waals surface area contributed by atoms with Gasteiger partial charge in [-0.25, -0.2) is 0 Å². The van der Waals surface area contributed by atoms with Crippen molar-refractivity contribution in [2.45, 2.75) is 408 Å². The van der Waals surface area contributed by atoms with Gasteiger partial charge < -0.3 is 238 Å². The Morgan fingerprint density at radius 1 is 0.214 bits per heavy atom. The van der Waals surface area contributed by atoms with E-state index in [1.165, 1.54) is 23.3 Å². The summed E-state index contributed by atoms with van der Waals surface area (Å²) in [4.78, 5) is 0. The third-order valence-electron chi connectivity index (χ3n) is 27.5. The van der Waals surface area contributed by atoms with Crippen molar-refractivity contribution >= 4 is 77.1 Å². The van der Waals surface area contributed by atoms with Gasteiger partial charge in [0.1, 0.15) is 220 Å². The molecule has 1 aromatic carbocycles. The van der Waals surface area contributed by atoms with Crippen LogP contribution in [0.3, 0.4) is 0 Å². The van der Waals surface area contributed by atoms with E-state index in [2.05, 4.69) is 30.3 Å². The number of hydrogen-bond donors (Lipinski definition) is 30. The number of aliphatic hydroxyl groups excluding tert-OH is 30. The van der Waals surface area contributed by atoms with E-state index in [9.17, 15) is 153 Å². The molecule has 9 aliphatic heterocycles. The smallest absolute Gasteiger partial charge is 0.187 e. The van der Waals surface area contributed by atoms with Gasteiger partial charge in [0, 0.05) is 48.4 Å². The molecule has 0 spiro atoms. The molecule has 0 saturated carbocycles. The zero-order valence-corrected chi connectivity index (χ0v) is 87.4. The Morgan fingerprint density at radius 2 is 0.407 bits per heavy atom. The summed E-state index contributed by atoms with van der Waals surface area (Å²) >= 11 is 5.55. The second-order valence-electron chi connectivity index (χ2n) is 37.8. The molecular weight excluding hydrogens is 2060 g/mol. The quantitative estimate of drug-likeness (QED) is 0.0213. The van der Waals surface area contributed by atoms with E-state index in [1.54, 1.807) is 0 Å². The summed E-state index contributed by atoms with van der Waals surface area (Å²) < 4.78 is 102. The molecule has 0 amide bonds. The number of hydrogen-bond acceptors (Lipinski definition) is 51. The van der Waals surface area contributed by atoms with Crippen molar-refractivity contribution in [3.63, 3.8) is 0 Å². The predicted molar refractivity (Wildman–Crippen MR) is 515 cm³/mol. The van der Waals surface area contributed by atoms with Gasteiger partial charge in [-0.2, -0.15) is 35.3 Å². The summed E-state index contributed by atoms with van der Waals surface area (Å²) in [5.41, 5.74) is 0. The minimum atomic E-state index is -1.98. The summed E-state index contributed by atoms with van der Waals surface area (Å²) in [5, 5.41) is 319. The number of benzene rings is 1. The fourth-order valence-electron chi connectivity index (χ4n) is 18.9. The number of rotatable bonds is 64. The SMILES string of the molecule is OC[C@H]1O[C@H](O[C@@H]2[C@H](O)[C@@H](O)[C@H](O[C@H]3[C@H](O)[C@@H](O)[C@H](OCCCCSCCC[Si]CCC[Si](CCC[Si]CCCSCCCCO[C@@H]4O[C@H](CO)[C@@H](O[C@@H]5O[C@H](CO)[C@H](O[C@H]6O[C@H](CO)[C@H](O)[C@H](O)[C@H]6O)[C@H](O)[C@H]5O)[C@H](O)[C@H]4O)(CCC[Si]CCCSCCCCO[C@@H]4O[C@H](CO)[C@@H](O[C@@H]5O[C@H](CO)[C@H](O[C@H]6O[C@H](CO)[C@H](O)[C@H](O)[C@H]6O)[C@H](O)[C@H]5O)[C@H](O)[C@H]4O)c4ccccc4)O[C@@H]3CO)O[C@@H]2CO)[C@H](O)[C@@H](O)[C@H]1O. The molecule has 9 fully saturated rings. The lowest BCUT2D eigenvalue weighted by atomic mass is 9.96. The van der Waals surface area contributed by atoms with Crippen molar-refractivity contribution in [2.24, 2.45) is 0 Å². The lowest BCUT2D eigenvalue weighted by Gasteiger charge is -2.48. The summed E-state index contributed by atoms with van der Waals surface area (Å²) in [7, 11) is 0.506. The van der Waals surface area contributed by atoms with Crippen LogP contribution in [0.4, 0.5) is 0 Å². The van der Waals surface area contributed by atoms with Crippen molar-refractivity contribution in [2.75, 3.05) is 114 Å². The first-order valence-corrected chi connectivity index (χ1v) is 60.5. The predicted octanol–water partition coefficient (Wildman–Crippen LogP) is -10.8. The molecular formula is C90H158O48S3Si4. The van der Waals surface area contributed by atoms with Gasteiger partial charge in [0.05, 0.1) is 67.5 Å². The molecule has 10 rings (SSSR count). The van der Waals surface area contributed by atoms with Gasteiger partial charge in [0.15, 0.2) is 56.6 Å². The number of ether oxygens (including phenoxy) is 18. The molecule has 0 aliphatic carbocycles. The zero-order chi connectivity index (χ0) is 105. The fourth-order valence-corrected chi connectivity index (χ4v) is 32.0. The highest BCUT2D eigenvalue weighted by atomic mass is 32.2. The molecule has 45 atom stereocenters. The minimum Gasteiger partial charge on any atom is -0.394 e. The van der Waals surface area contributed by atoms with Crippen LogP contribution in [0.15, 0.2) is 30.3 Å². The van der Waals surface area contributed by atoms with Gasteiger partial charge in [0.25, 0.3) is 0 Å². The van der Waals surface area contributed by atoms with E-state index in [0.717, 1.165) is 157 Å². The van der Waals surface area contributed by atoms with Crippen LogP contribution in [0.25, 0.3) is 0 Å². The van der Waals surface area contributed by atoms with Crippen LogP contribution < -0.4 is 5.19 Å². The molecule has 48 nitrogen and oxygen atoms in total. The standard InChI is InChI=1S/C90H158O48S3Si4/c91-36-46-55(100)58(103)67(112)85(124-46)133-79-52(42-97)130-88(73(118)64(79)109)136-76-49(39-94)127-82(70(115)61(76)106)121-18-4-7-21-139-24-10-27-142-30-13-33-145(45-16-2-1-3-17-45,34-14-31-143-28-11-25-140-22-8-5-19-122-83-71(116)62(107)77(50(40-95)128-83)137-89-74(119)65(110)80(53(43-98)131-89)134-86-68(113)59(104)56(101)47(37-92)125-86)35-15-32-144-29-12-26-141-23-9-6-20-123-84-72(117)63(108)78(51(41-96)129-84)138-90-75(120)66(111)81(54(44-99)132-90)135-87-69(114)60(105)57(102)48(38-93)126-87/h1-3,16-17,46-120H,4-15,18-44H2/t46-,47-,48-,49-,50-,51-,52-,53-,54-,55+,56+,57+,58+,59+,60+,61-,62-,63-,64-,65-,66-,67-,68-,69-,70-,71-,72-,73-,74-,75-,76-,77-,78-,79+,80+,81+,82-,83-,84-,85-,86-,87-,88+,89+,90+/m1/s1. The van der Waals surface area contributed by atoms with Crippen LogP contribution in [0.1, 0.15) is 77.0 Å². The van der Waals surface area contributed by atoms with Gasteiger partial charge in [-0.1, -0.05) is 109 Å². The number of unbranched alkanes of at least 4 members (excludes halogenated alkanes) is 3. The van der Waals surface area contributed by atoms with E-state index in [0.29, 0.717) is 19.3 Å². The first kappa shape index (κ1) is 126. The normalized spacial score (nSPS) is 40.8. The van der Waals surface area contributed by atoms with Crippen LogP contribution in [-0.4, -0.2) is 580 Å².